The molecule has 2 saturated carbocycles. The first-order chi connectivity index (χ1) is 18.8. The van der Waals surface area contributed by atoms with E-state index in [0.29, 0.717) is 33.6 Å². The van der Waals surface area contributed by atoms with Gasteiger partial charge in [0.1, 0.15) is 5.82 Å². The van der Waals surface area contributed by atoms with Gasteiger partial charge in [0, 0.05) is 32.7 Å². The molecule has 1 aromatic heterocycles. The molecule has 0 bridgehead atoms. The molecule has 11 heteroatoms. The van der Waals surface area contributed by atoms with E-state index >= 15 is 0 Å². The highest BCUT2D eigenvalue weighted by atomic mass is 32.2. The minimum atomic E-state index is -3.82. The topological polar surface area (TPSA) is 124 Å². The number of nitrogens with one attached hydrogen (secondary N) is 2. The normalized spacial score (nSPS) is 20.9. The molecule has 3 N–H and O–H groups in total. The number of rotatable bonds is 9. The number of carbonyl (C=O) groups is 1. The maximum atomic E-state index is 13.6. The maximum absolute atomic E-state index is 13.6. The molecular weight excluding hydrogens is 518 g/mol. The summed E-state index contributed by atoms with van der Waals surface area (Å²) < 4.78 is 33.6. The van der Waals surface area contributed by atoms with E-state index in [-0.39, 0.29) is 24.0 Å². The zero-order valence-corrected chi connectivity index (χ0v) is 23.2. The fourth-order valence-corrected chi connectivity index (χ4v) is 7.11. The Morgan fingerprint density at radius 1 is 1.00 bits per heavy atom. The van der Waals surface area contributed by atoms with Crippen molar-refractivity contribution in [3.63, 3.8) is 0 Å². The summed E-state index contributed by atoms with van der Waals surface area (Å²) in [5.41, 5.74) is 1.85. The summed E-state index contributed by atoms with van der Waals surface area (Å²) in [6, 6.07) is 8.15. The zero-order chi connectivity index (χ0) is 27.3. The number of aromatic nitrogens is 1. The third-order valence-corrected chi connectivity index (χ3v) is 10.5. The summed E-state index contributed by atoms with van der Waals surface area (Å²) in [5, 5.41) is 12.0. The van der Waals surface area contributed by atoms with Gasteiger partial charge in [0.05, 0.1) is 29.9 Å². The molecule has 2 saturated heterocycles. The van der Waals surface area contributed by atoms with E-state index in [0.717, 1.165) is 51.3 Å². The van der Waals surface area contributed by atoms with E-state index in [9.17, 15) is 13.2 Å². The van der Waals surface area contributed by atoms with Crippen LogP contribution >= 0.6 is 0 Å². The lowest BCUT2D eigenvalue weighted by atomic mass is 9.93. The summed E-state index contributed by atoms with van der Waals surface area (Å²) in [6.45, 7) is 3.05. The largest absolute Gasteiger partial charge is 0.493 e. The van der Waals surface area contributed by atoms with Crippen molar-refractivity contribution in [3.05, 3.63) is 35.9 Å². The van der Waals surface area contributed by atoms with Gasteiger partial charge in [-0.3, -0.25) is 4.79 Å². The number of hydrogen-bond acceptors (Lipinski definition) is 8. The molecule has 1 amide bonds. The van der Waals surface area contributed by atoms with Gasteiger partial charge in [-0.25, -0.2) is 18.1 Å². The number of nitrogens with zero attached hydrogens (tertiary/aromatic N) is 3. The van der Waals surface area contributed by atoms with Crippen LogP contribution in [0.4, 0.5) is 17.3 Å². The van der Waals surface area contributed by atoms with Crippen molar-refractivity contribution in [2.45, 2.75) is 49.8 Å². The summed E-state index contributed by atoms with van der Waals surface area (Å²) in [7, 11) is -2.19. The molecule has 210 valence electrons. The van der Waals surface area contributed by atoms with E-state index in [2.05, 4.69) is 19.8 Å². The van der Waals surface area contributed by atoms with Gasteiger partial charge >= 0.3 is 0 Å². The summed E-state index contributed by atoms with van der Waals surface area (Å²) >= 11 is 0. The number of sulfonamides is 1. The standard InChI is InChI=1S/C28H37N5O5S/c1-38-23-4-5-24(30-25(23)33-16-12-28(19-33)8-9-28)31-26(35)21-3-2-20(39(36,37)29-13-17-34)18-22(21)32-14-10-27(6-7-27)11-15-32/h2-5,18,29,34H,6-17,19H2,1H3,(H,30,31,35). The van der Waals surface area contributed by atoms with Gasteiger partial charge in [0.25, 0.3) is 5.91 Å². The average molecular weight is 556 g/mol. The Balaban J connectivity index is 1.27. The first kappa shape index (κ1) is 26.3. The molecule has 2 aliphatic heterocycles. The second-order valence-electron chi connectivity index (χ2n) is 11.6. The molecule has 0 radical (unpaired) electrons. The molecule has 3 heterocycles. The molecule has 6 rings (SSSR count). The van der Waals surface area contributed by atoms with Gasteiger partial charge in [0.15, 0.2) is 11.6 Å². The van der Waals surface area contributed by atoms with Crippen LogP contribution in [0.3, 0.4) is 0 Å². The van der Waals surface area contributed by atoms with E-state index in [1.807, 2.05) is 6.07 Å². The monoisotopic (exact) mass is 555 g/mol. The number of anilines is 3. The van der Waals surface area contributed by atoms with Crippen molar-refractivity contribution in [3.8, 4) is 5.75 Å². The minimum Gasteiger partial charge on any atom is -0.493 e. The van der Waals surface area contributed by atoms with Crippen LogP contribution in [0.5, 0.6) is 5.75 Å². The lowest BCUT2D eigenvalue weighted by Crippen LogP contribution is -2.36. The number of aliphatic hydroxyl groups excluding tert-OH is 1. The number of carbonyl (C=O) groups excluding carboxylic acids is 1. The van der Waals surface area contributed by atoms with Crippen molar-refractivity contribution < 1.29 is 23.1 Å². The first-order valence-corrected chi connectivity index (χ1v) is 15.3. The van der Waals surface area contributed by atoms with Crippen LogP contribution < -0.4 is 24.6 Å². The molecule has 39 heavy (non-hydrogen) atoms. The van der Waals surface area contributed by atoms with Crippen LogP contribution in [0.15, 0.2) is 35.2 Å². The number of methoxy groups -OCH3 is 1. The molecule has 1 aromatic carbocycles. The fourth-order valence-electron chi connectivity index (χ4n) is 6.07. The van der Waals surface area contributed by atoms with Crippen molar-refractivity contribution in [1.82, 2.24) is 9.71 Å². The third-order valence-electron chi connectivity index (χ3n) is 9.05. The van der Waals surface area contributed by atoms with Gasteiger partial charge in [0.2, 0.25) is 10.0 Å². The Morgan fingerprint density at radius 2 is 1.69 bits per heavy atom. The summed E-state index contributed by atoms with van der Waals surface area (Å²) in [5.74, 6) is 1.50. The Hall–Kier alpha value is -2.89. The second kappa shape index (κ2) is 9.94. The van der Waals surface area contributed by atoms with Gasteiger partial charge in [-0.1, -0.05) is 0 Å². The van der Waals surface area contributed by atoms with Crippen LogP contribution in [0.1, 0.15) is 55.3 Å². The highest BCUT2D eigenvalue weighted by molar-refractivity contribution is 7.89. The van der Waals surface area contributed by atoms with Crippen LogP contribution in [-0.4, -0.2) is 70.9 Å². The number of ether oxygens (including phenoxy) is 1. The van der Waals surface area contributed by atoms with Gasteiger partial charge in [-0.2, -0.15) is 0 Å². The Morgan fingerprint density at radius 3 is 2.33 bits per heavy atom. The number of pyridine rings is 1. The molecule has 2 aromatic rings. The minimum absolute atomic E-state index is 0.0714. The van der Waals surface area contributed by atoms with Crippen LogP contribution in [-0.2, 0) is 10.0 Å². The van der Waals surface area contributed by atoms with Crippen LogP contribution in [0, 0.1) is 10.8 Å². The predicted molar refractivity (Wildman–Crippen MR) is 149 cm³/mol. The van der Waals surface area contributed by atoms with Gasteiger partial charge in [-0.05, 0) is 86.1 Å². The average Bonchev–Trinajstić information content (AvgIpc) is 3.84. The van der Waals surface area contributed by atoms with E-state index < -0.39 is 10.0 Å². The quantitative estimate of drug-likeness (QED) is 0.432. The van der Waals surface area contributed by atoms with Gasteiger partial charge < -0.3 is 25.0 Å². The lowest BCUT2D eigenvalue weighted by molar-refractivity contribution is 0.102. The van der Waals surface area contributed by atoms with Crippen molar-refractivity contribution in [2.75, 3.05) is 61.6 Å². The molecular formula is C28H37N5O5S. The fraction of sp³-hybridized carbons (Fsp3) is 0.571. The highest BCUT2D eigenvalue weighted by Gasteiger charge is 2.48. The highest BCUT2D eigenvalue weighted by Crippen LogP contribution is 2.55. The first-order valence-electron chi connectivity index (χ1n) is 13.9. The van der Waals surface area contributed by atoms with Crippen molar-refractivity contribution >= 4 is 33.3 Å². The zero-order valence-electron chi connectivity index (χ0n) is 22.4. The van der Waals surface area contributed by atoms with Crippen LogP contribution in [0.2, 0.25) is 0 Å². The second-order valence-corrected chi connectivity index (χ2v) is 13.4. The summed E-state index contributed by atoms with van der Waals surface area (Å²) in [4.78, 5) is 22.8. The molecule has 4 aliphatic rings. The Labute approximate surface area is 229 Å². The van der Waals surface area contributed by atoms with Crippen molar-refractivity contribution in [1.29, 1.82) is 0 Å². The molecule has 4 fully saturated rings. The number of benzene rings is 1. The number of amides is 1. The maximum Gasteiger partial charge on any atom is 0.258 e. The number of hydrogen-bond donors (Lipinski definition) is 3. The van der Waals surface area contributed by atoms with Gasteiger partial charge in [-0.15, -0.1) is 0 Å². The Bertz CT molecular complexity index is 1360. The predicted octanol–water partition coefficient (Wildman–Crippen LogP) is 2.98. The van der Waals surface area contributed by atoms with E-state index in [4.69, 9.17) is 14.8 Å². The molecule has 0 atom stereocenters. The van der Waals surface area contributed by atoms with Crippen LogP contribution in [0.25, 0.3) is 0 Å². The smallest absolute Gasteiger partial charge is 0.258 e. The third kappa shape index (κ3) is 5.31. The molecule has 10 nitrogen and oxygen atoms in total. The molecule has 0 unspecified atom stereocenters. The number of aliphatic hydroxyl groups is 1. The molecule has 2 aliphatic carbocycles. The van der Waals surface area contributed by atoms with E-state index in [1.165, 1.54) is 31.7 Å². The summed E-state index contributed by atoms with van der Waals surface area (Å²) in [6.07, 6.45) is 8.22. The molecule has 2 spiro atoms. The Kier molecular flexibility index (Phi) is 6.71. The SMILES string of the molecule is COc1ccc(NC(=O)c2ccc(S(=O)(=O)NCCO)cc2N2CCC3(CC2)CC3)nc1N1CCC2(CC2)C1. The number of piperidine rings is 1. The van der Waals surface area contributed by atoms with Crippen molar-refractivity contribution in [2.24, 2.45) is 10.8 Å². The lowest BCUT2D eigenvalue weighted by Gasteiger charge is -2.35. The van der Waals surface area contributed by atoms with E-state index in [1.54, 1.807) is 25.3 Å².